The number of halogens is 1. The van der Waals surface area contributed by atoms with E-state index >= 15 is 0 Å². The van der Waals surface area contributed by atoms with Crippen LogP contribution in [0.15, 0.2) is 30.6 Å². The van der Waals surface area contributed by atoms with E-state index in [2.05, 4.69) is 9.97 Å². The third kappa shape index (κ3) is 2.23. The minimum atomic E-state index is 0.235. The lowest BCUT2D eigenvalue weighted by atomic mass is 10.2. The highest BCUT2D eigenvalue weighted by Gasteiger charge is 2.07. The Morgan fingerprint density at radius 3 is 2.69 bits per heavy atom. The number of nitrogens with zero attached hydrogens (tertiary/aromatic N) is 2. The zero-order valence-electron chi connectivity index (χ0n) is 8.64. The Morgan fingerprint density at radius 1 is 1.25 bits per heavy atom. The van der Waals surface area contributed by atoms with Gasteiger partial charge in [0.2, 0.25) is 0 Å². The van der Waals surface area contributed by atoms with Crippen LogP contribution in [-0.4, -0.2) is 9.97 Å². The van der Waals surface area contributed by atoms with Gasteiger partial charge in [0, 0.05) is 12.4 Å². The van der Waals surface area contributed by atoms with Gasteiger partial charge in [-0.2, -0.15) is 0 Å². The molecular formula is C11H10ClN3O. The fraction of sp³-hybridized carbons (Fsp3) is 0.0909. The summed E-state index contributed by atoms with van der Waals surface area (Å²) < 4.78 is 5.46. The van der Waals surface area contributed by atoms with Crippen LogP contribution >= 0.6 is 11.6 Å². The molecule has 4 nitrogen and oxygen atoms in total. The molecule has 2 aromatic rings. The fourth-order valence-corrected chi connectivity index (χ4v) is 1.48. The van der Waals surface area contributed by atoms with Gasteiger partial charge in [0.1, 0.15) is 5.75 Å². The largest absolute Gasteiger partial charge is 0.434 e. The molecule has 5 heteroatoms. The molecule has 1 heterocycles. The number of benzene rings is 1. The lowest BCUT2D eigenvalue weighted by molar-refractivity contribution is 0.463. The van der Waals surface area contributed by atoms with Crippen LogP contribution in [0.25, 0.3) is 0 Å². The summed E-state index contributed by atoms with van der Waals surface area (Å²) in [6, 6.07) is 5.48. The SMILES string of the molecule is Cc1ccc(Oc2nccnc2N)c(Cl)c1. The summed E-state index contributed by atoms with van der Waals surface area (Å²) in [4.78, 5) is 7.84. The summed E-state index contributed by atoms with van der Waals surface area (Å²) in [6.45, 7) is 1.95. The van der Waals surface area contributed by atoms with E-state index in [0.717, 1.165) is 5.56 Å². The van der Waals surface area contributed by atoms with Gasteiger partial charge >= 0.3 is 0 Å². The van der Waals surface area contributed by atoms with Crippen molar-refractivity contribution in [2.75, 3.05) is 5.73 Å². The van der Waals surface area contributed by atoms with Crippen molar-refractivity contribution in [2.45, 2.75) is 6.92 Å². The first-order valence-corrected chi connectivity index (χ1v) is 5.05. The van der Waals surface area contributed by atoms with Gasteiger partial charge < -0.3 is 10.5 Å². The second kappa shape index (κ2) is 4.37. The summed E-state index contributed by atoms with van der Waals surface area (Å²) in [6.07, 6.45) is 3.01. The quantitative estimate of drug-likeness (QED) is 0.870. The van der Waals surface area contributed by atoms with Gasteiger partial charge in [-0.3, -0.25) is 0 Å². The van der Waals surface area contributed by atoms with Crippen LogP contribution in [0.5, 0.6) is 11.6 Å². The minimum absolute atomic E-state index is 0.235. The number of rotatable bonds is 2. The number of nitrogen functional groups attached to an aromatic ring is 1. The van der Waals surface area contributed by atoms with E-state index in [1.165, 1.54) is 12.4 Å². The Labute approximate surface area is 98.0 Å². The topological polar surface area (TPSA) is 61.0 Å². The third-order valence-electron chi connectivity index (χ3n) is 1.99. The first-order chi connectivity index (χ1) is 7.66. The number of ether oxygens (including phenoxy) is 1. The molecular weight excluding hydrogens is 226 g/mol. The fourth-order valence-electron chi connectivity index (χ4n) is 1.21. The Hall–Kier alpha value is -1.81. The van der Waals surface area contributed by atoms with Crippen molar-refractivity contribution < 1.29 is 4.74 Å². The average Bonchev–Trinajstić information content (AvgIpc) is 2.25. The van der Waals surface area contributed by atoms with Crippen LogP contribution < -0.4 is 10.5 Å². The molecule has 1 aromatic heterocycles. The molecule has 0 saturated heterocycles. The summed E-state index contributed by atoms with van der Waals surface area (Å²) >= 11 is 6.02. The molecule has 0 spiro atoms. The Bertz CT molecular complexity index is 516. The second-order valence-corrected chi connectivity index (χ2v) is 3.69. The molecule has 2 rings (SSSR count). The highest BCUT2D eigenvalue weighted by atomic mass is 35.5. The molecule has 0 aliphatic rings. The van der Waals surface area contributed by atoms with Crippen molar-refractivity contribution in [3.05, 3.63) is 41.2 Å². The second-order valence-electron chi connectivity index (χ2n) is 3.28. The maximum absolute atomic E-state index is 6.02. The zero-order chi connectivity index (χ0) is 11.5. The average molecular weight is 236 g/mol. The first-order valence-electron chi connectivity index (χ1n) is 4.67. The van der Waals surface area contributed by atoms with Gasteiger partial charge in [0.15, 0.2) is 5.82 Å². The van der Waals surface area contributed by atoms with Crippen molar-refractivity contribution in [3.8, 4) is 11.6 Å². The summed E-state index contributed by atoms with van der Waals surface area (Å²) in [5.41, 5.74) is 6.67. The summed E-state index contributed by atoms with van der Waals surface area (Å²) in [5, 5.41) is 0.519. The highest BCUT2D eigenvalue weighted by Crippen LogP contribution is 2.30. The first kappa shape index (κ1) is 10.7. The van der Waals surface area contributed by atoms with Gasteiger partial charge in [0.05, 0.1) is 5.02 Å². The summed E-state index contributed by atoms with van der Waals surface area (Å²) in [7, 11) is 0. The van der Waals surface area contributed by atoms with Crippen LogP contribution in [0.1, 0.15) is 5.56 Å². The predicted molar refractivity (Wildman–Crippen MR) is 62.7 cm³/mol. The van der Waals surface area contributed by atoms with Gasteiger partial charge in [-0.05, 0) is 24.6 Å². The van der Waals surface area contributed by atoms with Crippen molar-refractivity contribution in [3.63, 3.8) is 0 Å². The van der Waals surface area contributed by atoms with E-state index in [4.69, 9.17) is 22.1 Å². The van der Waals surface area contributed by atoms with E-state index in [-0.39, 0.29) is 11.7 Å². The summed E-state index contributed by atoms with van der Waals surface area (Å²) in [5.74, 6) is 1.01. The van der Waals surface area contributed by atoms with Gasteiger partial charge in [-0.25, -0.2) is 9.97 Å². The van der Waals surface area contributed by atoms with E-state index in [9.17, 15) is 0 Å². The number of aryl methyl sites for hydroxylation is 1. The van der Waals surface area contributed by atoms with E-state index in [1.807, 2.05) is 19.1 Å². The van der Waals surface area contributed by atoms with Crippen molar-refractivity contribution in [2.24, 2.45) is 0 Å². The molecule has 2 N–H and O–H groups in total. The molecule has 0 bridgehead atoms. The van der Waals surface area contributed by atoms with Crippen LogP contribution in [0.3, 0.4) is 0 Å². The number of aromatic nitrogens is 2. The molecule has 1 aromatic carbocycles. The van der Waals surface area contributed by atoms with Crippen molar-refractivity contribution in [1.82, 2.24) is 9.97 Å². The number of hydrogen-bond acceptors (Lipinski definition) is 4. The third-order valence-corrected chi connectivity index (χ3v) is 2.28. The molecule has 16 heavy (non-hydrogen) atoms. The Kier molecular flexibility index (Phi) is 2.92. The van der Waals surface area contributed by atoms with Crippen LogP contribution in [-0.2, 0) is 0 Å². The van der Waals surface area contributed by atoms with E-state index in [0.29, 0.717) is 10.8 Å². The zero-order valence-corrected chi connectivity index (χ0v) is 9.40. The maximum atomic E-state index is 6.02. The molecule has 0 saturated carbocycles. The molecule has 0 fully saturated rings. The molecule has 0 amide bonds. The number of hydrogen-bond donors (Lipinski definition) is 1. The van der Waals surface area contributed by atoms with Crippen LogP contribution in [0.4, 0.5) is 5.82 Å². The van der Waals surface area contributed by atoms with Crippen LogP contribution in [0.2, 0.25) is 5.02 Å². The highest BCUT2D eigenvalue weighted by molar-refractivity contribution is 6.32. The molecule has 0 radical (unpaired) electrons. The van der Waals surface area contributed by atoms with Gasteiger partial charge in [-0.15, -0.1) is 0 Å². The standard InChI is InChI=1S/C11H10ClN3O/c1-7-2-3-9(8(12)6-7)16-11-10(13)14-4-5-15-11/h2-6H,1H3,(H2,13,14). The lowest BCUT2D eigenvalue weighted by Crippen LogP contribution is -1.97. The van der Waals surface area contributed by atoms with Crippen molar-refractivity contribution in [1.29, 1.82) is 0 Å². The smallest absolute Gasteiger partial charge is 0.262 e. The van der Waals surface area contributed by atoms with Crippen molar-refractivity contribution >= 4 is 17.4 Å². The molecule has 0 aliphatic carbocycles. The van der Waals surface area contributed by atoms with Gasteiger partial charge in [0.25, 0.3) is 5.88 Å². The predicted octanol–water partition coefficient (Wildman–Crippen LogP) is 2.81. The molecule has 0 atom stereocenters. The molecule has 0 aliphatic heterocycles. The monoisotopic (exact) mass is 235 g/mol. The lowest BCUT2D eigenvalue weighted by Gasteiger charge is -2.07. The Morgan fingerprint density at radius 2 is 2.00 bits per heavy atom. The molecule has 0 unspecified atom stereocenters. The van der Waals surface area contributed by atoms with Crippen LogP contribution in [0, 0.1) is 6.92 Å². The number of anilines is 1. The normalized spacial score (nSPS) is 10.1. The maximum Gasteiger partial charge on any atom is 0.262 e. The van der Waals surface area contributed by atoms with Gasteiger partial charge in [-0.1, -0.05) is 17.7 Å². The Balaban J connectivity index is 2.31. The number of nitrogens with two attached hydrogens (primary N) is 1. The minimum Gasteiger partial charge on any atom is -0.434 e. The van der Waals surface area contributed by atoms with E-state index < -0.39 is 0 Å². The van der Waals surface area contributed by atoms with E-state index in [1.54, 1.807) is 6.07 Å². The molecule has 82 valence electrons.